The van der Waals surface area contributed by atoms with Crippen LogP contribution in [-0.2, 0) is 9.59 Å². The largest absolute Gasteiger partial charge is 0.497 e. The van der Waals surface area contributed by atoms with E-state index in [-0.39, 0.29) is 10.7 Å². The van der Waals surface area contributed by atoms with E-state index in [1.54, 1.807) is 31.2 Å². The number of nitrogens with zero attached hydrogens (tertiary/aromatic N) is 2. The third-order valence-electron chi connectivity index (χ3n) is 3.80. The molecule has 2 aromatic carbocycles. The predicted molar refractivity (Wildman–Crippen MR) is 108 cm³/mol. The topological polar surface area (TPSA) is 89.4 Å². The van der Waals surface area contributed by atoms with Gasteiger partial charge in [-0.05, 0) is 37.6 Å². The van der Waals surface area contributed by atoms with Gasteiger partial charge in [0.1, 0.15) is 16.5 Å². The minimum atomic E-state index is -1.34. The first-order chi connectivity index (χ1) is 13.3. The Morgan fingerprint density at radius 3 is 2.39 bits per heavy atom. The molecule has 1 N–H and O–H groups in total. The lowest BCUT2D eigenvalue weighted by atomic mass is 10.2. The van der Waals surface area contributed by atoms with E-state index in [2.05, 4.69) is 15.5 Å². The van der Waals surface area contributed by atoms with Crippen LogP contribution in [0.4, 0.5) is 11.4 Å². The second-order valence-corrected chi connectivity index (χ2v) is 6.65. The number of halogens is 2. The third kappa shape index (κ3) is 5.21. The summed E-state index contributed by atoms with van der Waals surface area (Å²) >= 11 is 12.1. The van der Waals surface area contributed by atoms with E-state index in [4.69, 9.17) is 32.7 Å². The predicted octanol–water partition coefficient (Wildman–Crippen LogP) is 5.00. The molecule has 0 aromatic heterocycles. The summed E-state index contributed by atoms with van der Waals surface area (Å²) in [5, 5.41) is 11.2. The molecule has 148 valence electrons. The van der Waals surface area contributed by atoms with Crippen LogP contribution in [0.3, 0.4) is 0 Å². The molecule has 1 unspecified atom stereocenters. The van der Waals surface area contributed by atoms with Crippen molar-refractivity contribution >= 4 is 46.3 Å². The highest BCUT2D eigenvalue weighted by Crippen LogP contribution is 2.36. The number of hydrogen-bond acceptors (Lipinski definition) is 6. The van der Waals surface area contributed by atoms with Gasteiger partial charge in [0.25, 0.3) is 5.91 Å². The highest BCUT2D eigenvalue weighted by Gasteiger charge is 2.25. The van der Waals surface area contributed by atoms with Gasteiger partial charge >= 0.3 is 0 Å². The number of carbonyl (C=O) groups is 2. The van der Waals surface area contributed by atoms with Gasteiger partial charge in [0.2, 0.25) is 6.04 Å². The molecule has 2 rings (SSSR count). The van der Waals surface area contributed by atoms with Gasteiger partial charge in [-0.25, -0.2) is 0 Å². The van der Waals surface area contributed by atoms with E-state index in [0.717, 1.165) is 5.56 Å². The minimum absolute atomic E-state index is 0.171. The van der Waals surface area contributed by atoms with Crippen LogP contribution in [0.1, 0.15) is 12.5 Å². The van der Waals surface area contributed by atoms with Crippen molar-refractivity contribution in [2.45, 2.75) is 19.9 Å². The van der Waals surface area contributed by atoms with Crippen LogP contribution in [0.2, 0.25) is 10.0 Å². The molecule has 0 aliphatic heterocycles. The number of anilines is 1. The fourth-order valence-electron chi connectivity index (χ4n) is 2.30. The number of benzene rings is 2. The summed E-state index contributed by atoms with van der Waals surface area (Å²) in [5.41, 5.74) is 1.50. The van der Waals surface area contributed by atoms with E-state index in [0.29, 0.717) is 22.2 Å². The molecule has 0 aliphatic rings. The van der Waals surface area contributed by atoms with Crippen LogP contribution in [0.5, 0.6) is 11.5 Å². The number of hydrogen-bond donors (Lipinski definition) is 1. The summed E-state index contributed by atoms with van der Waals surface area (Å²) in [6.07, 6.45) is 0. The normalized spacial score (nSPS) is 11.9. The average Bonchev–Trinajstić information content (AvgIpc) is 2.64. The van der Waals surface area contributed by atoms with Crippen molar-refractivity contribution in [2.24, 2.45) is 10.2 Å². The van der Waals surface area contributed by atoms with Gasteiger partial charge < -0.3 is 14.8 Å². The zero-order valence-corrected chi connectivity index (χ0v) is 17.3. The molecule has 0 spiro atoms. The van der Waals surface area contributed by atoms with Crippen LogP contribution in [-0.4, -0.2) is 32.0 Å². The second-order valence-electron chi connectivity index (χ2n) is 5.84. The number of Topliss-reactive ketones (excluding diaryl/α,β-unsaturated/α-hetero) is 1. The molecule has 0 saturated carbocycles. The summed E-state index contributed by atoms with van der Waals surface area (Å²) < 4.78 is 10.3. The molecule has 7 nitrogen and oxygen atoms in total. The summed E-state index contributed by atoms with van der Waals surface area (Å²) in [6.45, 7) is 3.05. The molecule has 1 amide bonds. The Kier molecular flexibility index (Phi) is 7.37. The van der Waals surface area contributed by atoms with Gasteiger partial charge in [-0.2, -0.15) is 10.2 Å². The molecule has 0 aliphatic carbocycles. The lowest BCUT2D eigenvalue weighted by molar-refractivity contribution is -0.126. The quantitative estimate of drug-likeness (QED) is 0.501. The van der Waals surface area contributed by atoms with Crippen molar-refractivity contribution in [3.05, 3.63) is 45.9 Å². The third-order valence-corrected chi connectivity index (χ3v) is 4.42. The number of azo groups is 1. The van der Waals surface area contributed by atoms with Gasteiger partial charge in [-0.15, -0.1) is 0 Å². The number of nitrogens with one attached hydrogen (secondary N) is 1. The lowest BCUT2D eigenvalue weighted by Gasteiger charge is -2.14. The van der Waals surface area contributed by atoms with Crippen LogP contribution < -0.4 is 14.8 Å². The Hall–Kier alpha value is -2.64. The summed E-state index contributed by atoms with van der Waals surface area (Å²) in [6, 6.07) is 6.75. The second kappa shape index (κ2) is 9.52. The Morgan fingerprint density at radius 2 is 1.82 bits per heavy atom. The van der Waals surface area contributed by atoms with Crippen molar-refractivity contribution < 1.29 is 19.1 Å². The summed E-state index contributed by atoms with van der Waals surface area (Å²) in [5.74, 6) is -0.414. The maximum Gasteiger partial charge on any atom is 0.258 e. The molecule has 0 bridgehead atoms. The van der Waals surface area contributed by atoms with Crippen molar-refractivity contribution in [3.8, 4) is 11.5 Å². The molecule has 0 heterocycles. The van der Waals surface area contributed by atoms with Crippen LogP contribution in [0.25, 0.3) is 0 Å². The monoisotopic (exact) mass is 423 g/mol. The molecule has 28 heavy (non-hydrogen) atoms. The highest BCUT2D eigenvalue weighted by molar-refractivity contribution is 6.35. The molecular formula is C19H19Cl2N3O4. The summed E-state index contributed by atoms with van der Waals surface area (Å²) in [4.78, 5) is 24.6. The number of rotatable bonds is 7. The number of carbonyl (C=O) groups excluding carboxylic acids is 2. The molecular weight excluding hydrogens is 405 g/mol. The molecule has 0 saturated heterocycles. The number of methoxy groups -OCH3 is 2. The Morgan fingerprint density at radius 1 is 1.11 bits per heavy atom. The maximum absolute atomic E-state index is 12.6. The Bertz CT molecular complexity index is 932. The molecule has 0 fully saturated rings. The lowest BCUT2D eigenvalue weighted by Crippen LogP contribution is -2.32. The molecule has 2 aromatic rings. The first-order valence-electron chi connectivity index (χ1n) is 8.16. The van der Waals surface area contributed by atoms with Crippen molar-refractivity contribution in [3.63, 3.8) is 0 Å². The number of amides is 1. The zero-order valence-electron chi connectivity index (χ0n) is 15.7. The van der Waals surface area contributed by atoms with Crippen LogP contribution in [0.15, 0.2) is 40.6 Å². The van der Waals surface area contributed by atoms with Crippen LogP contribution >= 0.6 is 23.2 Å². The fourth-order valence-corrected chi connectivity index (χ4v) is 2.76. The maximum atomic E-state index is 12.6. The standard InChI is InChI=1S/C19H19Cl2N3O4/c1-10-7-12(20)5-6-14(10)23-24-18(11(2)25)19(26)22-15-8-13(27-3)9-16(28-4)17(15)21/h5-9,18H,1-4H3,(H,22,26). The summed E-state index contributed by atoms with van der Waals surface area (Å²) in [7, 11) is 2.91. The van der Waals surface area contributed by atoms with E-state index in [9.17, 15) is 9.59 Å². The van der Waals surface area contributed by atoms with Gasteiger partial charge in [-0.1, -0.05) is 23.2 Å². The van der Waals surface area contributed by atoms with Gasteiger partial charge in [0.05, 0.1) is 25.6 Å². The smallest absolute Gasteiger partial charge is 0.258 e. The number of ketones is 1. The minimum Gasteiger partial charge on any atom is -0.497 e. The van der Waals surface area contributed by atoms with Gasteiger partial charge in [0, 0.05) is 17.2 Å². The SMILES string of the molecule is COc1cc(NC(=O)C(N=Nc2ccc(Cl)cc2C)C(C)=O)c(Cl)c(OC)c1. The Labute approximate surface area is 172 Å². The molecule has 1 atom stereocenters. The van der Waals surface area contributed by atoms with Crippen molar-refractivity contribution in [1.82, 2.24) is 0 Å². The zero-order chi connectivity index (χ0) is 20.8. The van der Waals surface area contributed by atoms with E-state index >= 15 is 0 Å². The first kappa shape index (κ1) is 21.7. The van der Waals surface area contributed by atoms with E-state index < -0.39 is 17.7 Å². The van der Waals surface area contributed by atoms with Crippen molar-refractivity contribution in [1.29, 1.82) is 0 Å². The van der Waals surface area contributed by atoms with Crippen LogP contribution in [0, 0.1) is 6.92 Å². The average molecular weight is 424 g/mol. The van der Waals surface area contributed by atoms with E-state index in [1.165, 1.54) is 27.2 Å². The van der Waals surface area contributed by atoms with E-state index in [1.807, 2.05) is 0 Å². The molecule has 0 radical (unpaired) electrons. The fraction of sp³-hybridized carbons (Fsp3) is 0.263. The molecule has 9 heteroatoms. The van der Waals surface area contributed by atoms with Crippen molar-refractivity contribution in [2.75, 3.05) is 19.5 Å². The highest BCUT2D eigenvalue weighted by atomic mass is 35.5. The Balaban J connectivity index is 2.29. The number of aryl methyl sites for hydroxylation is 1. The first-order valence-corrected chi connectivity index (χ1v) is 8.92. The number of ether oxygens (including phenoxy) is 2. The van der Waals surface area contributed by atoms with Gasteiger partial charge in [-0.3, -0.25) is 9.59 Å². The van der Waals surface area contributed by atoms with Gasteiger partial charge in [0.15, 0.2) is 5.78 Å².